The molecule has 5 nitrogen and oxygen atoms in total. The van der Waals surface area contributed by atoms with Gasteiger partial charge in [0.2, 0.25) is 0 Å². The number of hydrogen-bond donors (Lipinski definition) is 2. The van der Waals surface area contributed by atoms with Crippen molar-refractivity contribution in [3.8, 4) is 0 Å². The molecule has 3 rings (SSSR count). The predicted molar refractivity (Wildman–Crippen MR) is 99.2 cm³/mol. The van der Waals surface area contributed by atoms with Crippen molar-refractivity contribution in [2.75, 3.05) is 31.5 Å². The molecule has 2 aromatic carbocycles. The Balaban J connectivity index is 1.78. The molecule has 1 fully saturated rings. The Morgan fingerprint density at radius 1 is 1.00 bits per heavy atom. The van der Waals surface area contributed by atoms with Crippen LogP contribution in [0, 0.1) is 0 Å². The van der Waals surface area contributed by atoms with Gasteiger partial charge >= 0.3 is 0 Å². The van der Waals surface area contributed by atoms with Crippen LogP contribution in [0.5, 0.6) is 0 Å². The maximum atomic E-state index is 12.7. The Kier molecular flexibility index (Phi) is 5.68. The molecule has 2 amide bonds. The fraction of sp³-hybridized carbons (Fsp3) is 0.263. The molecule has 1 heterocycles. The number of carbonyl (C=O) groups excluding carboxylic acids is 2. The molecule has 0 saturated carbocycles. The van der Waals surface area contributed by atoms with E-state index < -0.39 is 0 Å². The third kappa shape index (κ3) is 4.38. The van der Waals surface area contributed by atoms with E-state index in [9.17, 15) is 9.59 Å². The van der Waals surface area contributed by atoms with Gasteiger partial charge in [0.15, 0.2) is 0 Å². The zero-order chi connectivity index (χ0) is 17.6. The number of anilines is 1. The van der Waals surface area contributed by atoms with E-state index >= 15 is 0 Å². The van der Waals surface area contributed by atoms with Crippen LogP contribution in [-0.2, 0) is 0 Å². The zero-order valence-electron chi connectivity index (χ0n) is 13.8. The van der Waals surface area contributed by atoms with E-state index in [1.807, 2.05) is 11.0 Å². The SMILES string of the molecule is O=C(Nc1cc(C(=O)N2CCCNCC2)ccc1Cl)c1ccccc1. The average Bonchev–Trinajstić information content (AvgIpc) is 2.93. The molecule has 0 radical (unpaired) electrons. The normalized spacial score (nSPS) is 14.7. The van der Waals surface area contributed by atoms with Gasteiger partial charge in [0.1, 0.15) is 0 Å². The third-order valence-electron chi connectivity index (χ3n) is 4.12. The highest BCUT2D eigenvalue weighted by Crippen LogP contribution is 2.24. The number of hydrogen-bond acceptors (Lipinski definition) is 3. The third-order valence-corrected chi connectivity index (χ3v) is 4.45. The predicted octanol–water partition coefficient (Wildman–Crippen LogP) is 3.03. The summed E-state index contributed by atoms with van der Waals surface area (Å²) >= 11 is 6.19. The van der Waals surface area contributed by atoms with Gasteiger partial charge in [0.25, 0.3) is 11.8 Å². The Morgan fingerprint density at radius 2 is 1.80 bits per heavy atom. The molecule has 25 heavy (non-hydrogen) atoms. The van der Waals surface area contributed by atoms with E-state index in [0.717, 1.165) is 26.1 Å². The fourth-order valence-electron chi connectivity index (χ4n) is 2.77. The Morgan fingerprint density at radius 3 is 2.60 bits per heavy atom. The van der Waals surface area contributed by atoms with E-state index in [0.29, 0.717) is 28.4 Å². The molecule has 0 aliphatic carbocycles. The highest BCUT2D eigenvalue weighted by Gasteiger charge is 2.18. The van der Waals surface area contributed by atoms with E-state index in [4.69, 9.17) is 11.6 Å². The van der Waals surface area contributed by atoms with E-state index in [-0.39, 0.29) is 11.8 Å². The first kappa shape index (κ1) is 17.5. The van der Waals surface area contributed by atoms with Gasteiger partial charge < -0.3 is 15.5 Å². The second kappa shape index (κ2) is 8.14. The first-order valence-electron chi connectivity index (χ1n) is 8.31. The standard InChI is InChI=1S/C19H20ClN3O2/c20-16-8-7-15(19(25)23-11-4-9-21-10-12-23)13-17(16)22-18(24)14-5-2-1-3-6-14/h1-3,5-8,13,21H,4,9-12H2,(H,22,24). The van der Waals surface area contributed by atoms with Crippen LogP contribution in [0.4, 0.5) is 5.69 Å². The van der Waals surface area contributed by atoms with Crippen LogP contribution in [0.3, 0.4) is 0 Å². The van der Waals surface area contributed by atoms with Gasteiger partial charge in [-0.15, -0.1) is 0 Å². The molecule has 1 saturated heterocycles. The van der Waals surface area contributed by atoms with E-state index in [1.54, 1.807) is 42.5 Å². The van der Waals surface area contributed by atoms with Crippen molar-refractivity contribution in [1.29, 1.82) is 0 Å². The lowest BCUT2D eigenvalue weighted by Crippen LogP contribution is -2.34. The minimum absolute atomic E-state index is 0.0458. The molecule has 1 aliphatic rings. The van der Waals surface area contributed by atoms with Gasteiger partial charge in [0, 0.05) is 30.8 Å². The molecule has 0 atom stereocenters. The molecule has 2 aromatic rings. The van der Waals surface area contributed by atoms with Crippen molar-refractivity contribution < 1.29 is 9.59 Å². The van der Waals surface area contributed by atoms with Gasteiger partial charge in [-0.2, -0.15) is 0 Å². The first-order chi connectivity index (χ1) is 12.1. The molecule has 0 unspecified atom stereocenters. The lowest BCUT2D eigenvalue weighted by Gasteiger charge is -2.20. The number of halogens is 1. The molecule has 6 heteroatoms. The molecule has 0 spiro atoms. The Hall–Kier alpha value is -2.37. The highest BCUT2D eigenvalue weighted by molar-refractivity contribution is 6.34. The minimum atomic E-state index is -0.258. The summed E-state index contributed by atoms with van der Waals surface area (Å²) in [6.07, 6.45) is 0.928. The fourth-order valence-corrected chi connectivity index (χ4v) is 2.93. The second-order valence-electron chi connectivity index (χ2n) is 5.91. The number of amides is 2. The Bertz CT molecular complexity index is 757. The first-order valence-corrected chi connectivity index (χ1v) is 8.69. The average molecular weight is 358 g/mol. The summed E-state index contributed by atoms with van der Waals surface area (Å²) in [5.74, 6) is -0.304. The summed E-state index contributed by atoms with van der Waals surface area (Å²) in [4.78, 5) is 26.9. The van der Waals surface area contributed by atoms with Gasteiger partial charge in [-0.25, -0.2) is 0 Å². The van der Waals surface area contributed by atoms with E-state index in [1.165, 1.54) is 0 Å². The monoisotopic (exact) mass is 357 g/mol. The van der Waals surface area contributed by atoms with Gasteiger partial charge in [-0.05, 0) is 43.3 Å². The van der Waals surface area contributed by atoms with Crippen molar-refractivity contribution in [3.05, 3.63) is 64.7 Å². The van der Waals surface area contributed by atoms with Crippen LogP contribution in [0.1, 0.15) is 27.1 Å². The summed E-state index contributed by atoms with van der Waals surface area (Å²) in [5, 5.41) is 6.46. The summed E-state index contributed by atoms with van der Waals surface area (Å²) in [5.41, 5.74) is 1.50. The molecule has 0 bridgehead atoms. The lowest BCUT2D eigenvalue weighted by molar-refractivity contribution is 0.0766. The number of nitrogens with one attached hydrogen (secondary N) is 2. The van der Waals surface area contributed by atoms with Crippen LogP contribution in [0.25, 0.3) is 0 Å². The lowest BCUT2D eigenvalue weighted by atomic mass is 10.1. The zero-order valence-corrected chi connectivity index (χ0v) is 14.6. The van der Waals surface area contributed by atoms with Crippen molar-refractivity contribution in [2.45, 2.75) is 6.42 Å². The topological polar surface area (TPSA) is 61.4 Å². The van der Waals surface area contributed by atoms with Crippen LogP contribution in [-0.4, -0.2) is 42.9 Å². The van der Waals surface area contributed by atoms with Crippen LogP contribution >= 0.6 is 11.6 Å². The van der Waals surface area contributed by atoms with Gasteiger partial charge in [-0.1, -0.05) is 29.8 Å². The smallest absolute Gasteiger partial charge is 0.255 e. The second-order valence-corrected chi connectivity index (χ2v) is 6.32. The van der Waals surface area contributed by atoms with Crippen molar-refractivity contribution in [1.82, 2.24) is 10.2 Å². The van der Waals surface area contributed by atoms with Gasteiger partial charge in [-0.3, -0.25) is 9.59 Å². The largest absolute Gasteiger partial charge is 0.337 e. The summed E-state index contributed by atoms with van der Waals surface area (Å²) in [6.45, 7) is 3.10. The maximum Gasteiger partial charge on any atom is 0.255 e. The maximum absolute atomic E-state index is 12.7. The molecule has 0 aromatic heterocycles. The molecular weight excluding hydrogens is 338 g/mol. The van der Waals surface area contributed by atoms with Crippen LogP contribution < -0.4 is 10.6 Å². The molecule has 130 valence electrons. The van der Waals surface area contributed by atoms with Crippen molar-refractivity contribution in [2.24, 2.45) is 0 Å². The summed E-state index contributed by atoms with van der Waals surface area (Å²) in [6, 6.07) is 13.9. The van der Waals surface area contributed by atoms with Crippen LogP contribution in [0.15, 0.2) is 48.5 Å². The van der Waals surface area contributed by atoms with Gasteiger partial charge in [0.05, 0.1) is 10.7 Å². The summed E-state index contributed by atoms with van der Waals surface area (Å²) < 4.78 is 0. The minimum Gasteiger partial charge on any atom is -0.337 e. The summed E-state index contributed by atoms with van der Waals surface area (Å²) in [7, 11) is 0. The number of carbonyl (C=O) groups is 2. The quantitative estimate of drug-likeness (QED) is 0.887. The molecule has 2 N–H and O–H groups in total. The van der Waals surface area contributed by atoms with Crippen molar-refractivity contribution >= 4 is 29.1 Å². The number of benzene rings is 2. The van der Waals surface area contributed by atoms with Crippen molar-refractivity contribution in [3.63, 3.8) is 0 Å². The highest BCUT2D eigenvalue weighted by atomic mass is 35.5. The van der Waals surface area contributed by atoms with E-state index in [2.05, 4.69) is 10.6 Å². The number of nitrogens with zero attached hydrogens (tertiary/aromatic N) is 1. The van der Waals surface area contributed by atoms with Crippen LogP contribution in [0.2, 0.25) is 5.02 Å². The molecular formula is C19H20ClN3O2. The number of rotatable bonds is 3. The Labute approximate surface area is 152 Å². The molecule has 1 aliphatic heterocycles.